The Morgan fingerprint density at radius 1 is 1.26 bits per heavy atom. The van der Waals surface area contributed by atoms with Gasteiger partial charge in [-0.15, -0.1) is 0 Å². The maximum absolute atomic E-state index is 14.0. The summed E-state index contributed by atoms with van der Waals surface area (Å²) in [4.78, 5) is 4.46. The van der Waals surface area contributed by atoms with Crippen LogP contribution in [0.4, 0.5) is 4.39 Å². The Labute approximate surface area is 110 Å². The fourth-order valence-electron chi connectivity index (χ4n) is 2.13. The molecule has 2 heterocycles. The van der Waals surface area contributed by atoms with Gasteiger partial charge in [0.2, 0.25) is 0 Å². The van der Waals surface area contributed by atoms with Gasteiger partial charge in [-0.25, -0.2) is 9.37 Å². The molecule has 19 heavy (non-hydrogen) atoms. The van der Waals surface area contributed by atoms with Crippen molar-refractivity contribution in [3.05, 3.63) is 54.1 Å². The van der Waals surface area contributed by atoms with Crippen molar-refractivity contribution in [2.45, 2.75) is 6.92 Å². The van der Waals surface area contributed by atoms with Gasteiger partial charge in [0.05, 0.1) is 18.4 Å². The summed E-state index contributed by atoms with van der Waals surface area (Å²) < 4.78 is 21.1. The van der Waals surface area contributed by atoms with Gasteiger partial charge in [-0.05, 0) is 36.8 Å². The van der Waals surface area contributed by atoms with Crippen molar-refractivity contribution in [2.75, 3.05) is 7.11 Å². The summed E-state index contributed by atoms with van der Waals surface area (Å²) in [6.07, 6.45) is 3.71. The third-order valence-corrected chi connectivity index (χ3v) is 3.07. The molecule has 0 atom stereocenters. The highest BCUT2D eigenvalue weighted by Gasteiger charge is 2.14. The fraction of sp³-hybridized carbons (Fsp3) is 0.133. The fourth-order valence-corrected chi connectivity index (χ4v) is 2.13. The van der Waals surface area contributed by atoms with Gasteiger partial charge in [0.15, 0.2) is 0 Å². The van der Waals surface area contributed by atoms with Crippen LogP contribution in [0.1, 0.15) is 5.56 Å². The molecule has 4 heteroatoms. The Hall–Kier alpha value is -2.36. The molecule has 0 aliphatic heterocycles. The van der Waals surface area contributed by atoms with Crippen molar-refractivity contribution in [3.8, 4) is 17.0 Å². The largest absolute Gasteiger partial charge is 0.496 e. The van der Waals surface area contributed by atoms with E-state index in [0.29, 0.717) is 17.0 Å². The Balaban J connectivity index is 2.24. The number of pyridine rings is 1. The first-order chi connectivity index (χ1) is 9.19. The molecular formula is C15H13FN2O. The molecule has 0 aliphatic carbocycles. The van der Waals surface area contributed by atoms with E-state index in [1.54, 1.807) is 18.3 Å². The summed E-state index contributed by atoms with van der Waals surface area (Å²) in [5.74, 6) is 0.152. The number of benzene rings is 1. The SMILES string of the molecule is COc1cccc(F)c1-c1cn2ccc(C)cc2n1. The topological polar surface area (TPSA) is 26.5 Å². The smallest absolute Gasteiger partial charge is 0.137 e. The van der Waals surface area contributed by atoms with E-state index in [0.717, 1.165) is 11.2 Å². The first kappa shape index (κ1) is 11.7. The predicted molar refractivity (Wildman–Crippen MR) is 71.9 cm³/mol. The van der Waals surface area contributed by atoms with Crippen molar-refractivity contribution in [3.63, 3.8) is 0 Å². The minimum atomic E-state index is -0.334. The molecule has 96 valence electrons. The molecule has 0 radical (unpaired) electrons. The van der Waals surface area contributed by atoms with Crippen LogP contribution >= 0.6 is 0 Å². The van der Waals surface area contributed by atoms with Crippen molar-refractivity contribution in [1.82, 2.24) is 9.38 Å². The lowest BCUT2D eigenvalue weighted by Gasteiger charge is -2.06. The molecule has 3 rings (SSSR count). The molecule has 3 nitrogen and oxygen atoms in total. The molecule has 3 aromatic rings. The Morgan fingerprint density at radius 3 is 2.89 bits per heavy atom. The van der Waals surface area contributed by atoms with Crippen molar-refractivity contribution in [2.24, 2.45) is 0 Å². The molecule has 0 bridgehead atoms. The maximum Gasteiger partial charge on any atom is 0.137 e. The zero-order valence-corrected chi connectivity index (χ0v) is 10.7. The zero-order chi connectivity index (χ0) is 13.4. The van der Waals surface area contributed by atoms with Crippen molar-refractivity contribution in [1.29, 1.82) is 0 Å². The number of fused-ring (bicyclic) bond motifs is 1. The van der Waals surface area contributed by atoms with Crippen LogP contribution in [0.15, 0.2) is 42.7 Å². The lowest BCUT2D eigenvalue weighted by Crippen LogP contribution is -1.91. The van der Waals surface area contributed by atoms with E-state index in [-0.39, 0.29) is 5.82 Å². The van der Waals surface area contributed by atoms with E-state index >= 15 is 0 Å². The van der Waals surface area contributed by atoms with Crippen molar-refractivity contribution < 1.29 is 9.13 Å². The number of halogens is 1. The lowest BCUT2D eigenvalue weighted by molar-refractivity contribution is 0.413. The Bertz CT molecular complexity index is 749. The number of aromatic nitrogens is 2. The number of rotatable bonds is 2. The molecule has 0 saturated carbocycles. The highest BCUT2D eigenvalue weighted by Crippen LogP contribution is 2.31. The minimum Gasteiger partial charge on any atom is -0.496 e. The second-order valence-corrected chi connectivity index (χ2v) is 4.41. The molecule has 2 aromatic heterocycles. The standard InChI is InChI=1S/C15H13FN2O/c1-10-6-7-18-9-12(17-14(18)8-10)15-11(16)4-3-5-13(15)19-2/h3-9H,1-2H3. The van der Waals surface area contributed by atoms with Gasteiger partial charge in [-0.3, -0.25) is 0 Å². The highest BCUT2D eigenvalue weighted by molar-refractivity contribution is 5.70. The lowest BCUT2D eigenvalue weighted by atomic mass is 10.1. The second-order valence-electron chi connectivity index (χ2n) is 4.41. The molecule has 0 saturated heterocycles. The van der Waals surface area contributed by atoms with Crippen molar-refractivity contribution >= 4 is 5.65 Å². The number of ether oxygens (including phenoxy) is 1. The first-order valence-corrected chi connectivity index (χ1v) is 5.97. The summed E-state index contributed by atoms with van der Waals surface area (Å²) in [5.41, 5.74) is 2.87. The maximum atomic E-state index is 14.0. The predicted octanol–water partition coefficient (Wildman–Crippen LogP) is 3.46. The van der Waals surface area contributed by atoms with Gasteiger partial charge >= 0.3 is 0 Å². The first-order valence-electron chi connectivity index (χ1n) is 5.97. The van der Waals surface area contributed by atoms with Gasteiger partial charge in [0, 0.05) is 12.4 Å². The number of nitrogens with zero attached hydrogens (tertiary/aromatic N) is 2. The monoisotopic (exact) mass is 256 g/mol. The number of aryl methyl sites for hydroxylation is 1. The van der Waals surface area contributed by atoms with Crippen LogP contribution in [0.2, 0.25) is 0 Å². The van der Waals surface area contributed by atoms with E-state index in [2.05, 4.69) is 4.98 Å². The summed E-state index contributed by atoms with van der Waals surface area (Å²) in [5, 5.41) is 0. The van der Waals surface area contributed by atoms with Gasteiger partial charge in [0.25, 0.3) is 0 Å². The van der Waals surface area contributed by atoms with Crippen LogP contribution in [0.5, 0.6) is 5.75 Å². The van der Waals surface area contributed by atoms with Crippen LogP contribution < -0.4 is 4.74 Å². The molecular weight excluding hydrogens is 243 g/mol. The average molecular weight is 256 g/mol. The Kier molecular flexibility index (Phi) is 2.71. The van der Waals surface area contributed by atoms with Gasteiger partial charge in [0.1, 0.15) is 17.2 Å². The summed E-state index contributed by atoms with van der Waals surface area (Å²) in [7, 11) is 1.53. The summed E-state index contributed by atoms with van der Waals surface area (Å²) >= 11 is 0. The van der Waals surface area contributed by atoms with Crippen LogP contribution in [-0.2, 0) is 0 Å². The Morgan fingerprint density at radius 2 is 2.11 bits per heavy atom. The quantitative estimate of drug-likeness (QED) is 0.702. The molecule has 0 unspecified atom stereocenters. The zero-order valence-electron chi connectivity index (χ0n) is 10.7. The summed E-state index contributed by atoms with van der Waals surface area (Å²) in [6.45, 7) is 2.00. The normalized spacial score (nSPS) is 10.9. The number of hydrogen-bond acceptors (Lipinski definition) is 2. The van der Waals surface area contributed by atoms with E-state index in [1.165, 1.54) is 13.2 Å². The molecule has 0 aliphatic rings. The molecule has 1 aromatic carbocycles. The van der Waals surface area contributed by atoms with E-state index < -0.39 is 0 Å². The van der Waals surface area contributed by atoms with Gasteiger partial charge in [-0.2, -0.15) is 0 Å². The van der Waals surface area contributed by atoms with E-state index in [4.69, 9.17) is 4.74 Å². The van der Waals surface area contributed by atoms with Gasteiger partial charge in [-0.1, -0.05) is 6.07 Å². The molecule has 0 fully saturated rings. The van der Waals surface area contributed by atoms with Gasteiger partial charge < -0.3 is 9.14 Å². The molecule has 0 amide bonds. The van der Waals surface area contributed by atoms with Crippen LogP contribution in [0, 0.1) is 12.7 Å². The minimum absolute atomic E-state index is 0.334. The molecule has 0 spiro atoms. The third-order valence-electron chi connectivity index (χ3n) is 3.07. The third kappa shape index (κ3) is 1.95. The highest BCUT2D eigenvalue weighted by atomic mass is 19.1. The van der Waals surface area contributed by atoms with Crippen LogP contribution in [0.3, 0.4) is 0 Å². The number of methoxy groups -OCH3 is 1. The average Bonchev–Trinajstić information content (AvgIpc) is 2.80. The van der Waals surface area contributed by atoms with E-state index in [1.807, 2.05) is 29.7 Å². The molecule has 0 N–H and O–H groups in total. The second kappa shape index (κ2) is 4.39. The summed E-state index contributed by atoms with van der Waals surface area (Å²) in [6, 6.07) is 8.70. The van der Waals surface area contributed by atoms with Crippen LogP contribution in [0.25, 0.3) is 16.9 Å². The number of hydrogen-bond donors (Lipinski definition) is 0. The van der Waals surface area contributed by atoms with Crippen LogP contribution in [-0.4, -0.2) is 16.5 Å². The van der Waals surface area contributed by atoms with E-state index in [9.17, 15) is 4.39 Å². The number of imidazole rings is 1.